The first-order chi connectivity index (χ1) is 16.2. The minimum absolute atomic E-state index is 0.0315. The van der Waals surface area contributed by atoms with Gasteiger partial charge in [-0.2, -0.15) is 0 Å². The van der Waals surface area contributed by atoms with Gasteiger partial charge in [-0.3, -0.25) is 14.5 Å². The van der Waals surface area contributed by atoms with Crippen LogP contribution in [-0.2, 0) is 9.59 Å². The van der Waals surface area contributed by atoms with E-state index < -0.39 is 35.1 Å². The molecule has 174 valence electrons. The van der Waals surface area contributed by atoms with Gasteiger partial charge in [0.2, 0.25) is 0 Å². The highest BCUT2D eigenvalue weighted by Crippen LogP contribution is 2.43. The van der Waals surface area contributed by atoms with E-state index in [9.17, 15) is 23.5 Å². The number of amides is 1. The van der Waals surface area contributed by atoms with Crippen LogP contribution >= 0.6 is 0 Å². The van der Waals surface area contributed by atoms with Crippen LogP contribution in [0.5, 0.6) is 5.75 Å². The van der Waals surface area contributed by atoms with Gasteiger partial charge in [0.05, 0.1) is 17.7 Å². The molecule has 0 spiro atoms. The smallest absolute Gasteiger partial charge is 0.300 e. The number of anilines is 1. The number of benzene rings is 3. The standard InChI is InChI=1S/C27H23F2NO4/c1-15(2)34-22-13-8-17(14-16(22)3)25(31)23-24(20-6-4-5-7-21(20)29)30(27(33)26(23)32)19-11-9-18(28)10-12-19/h4-15,24,31H,1-3H3/b25-23+. The Labute approximate surface area is 195 Å². The van der Waals surface area contributed by atoms with Gasteiger partial charge in [-0.15, -0.1) is 0 Å². The fourth-order valence-corrected chi connectivity index (χ4v) is 4.03. The molecule has 1 N–H and O–H groups in total. The third-order valence-electron chi connectivity index (χ3n) is 5.56. The van der Waals surface area contributed by atoms with Gasteiger partial charge in [0.1, 0.15) is 23.1 Å². The van der Waals surface area contributed by atoms with Crippen LogP contribution in [0.15, 0.2) is 72.3 Å². The summed E-state index contributed by atoms with van der Waals surface area (Å²) >= 11 is 0. The van der Waals surface area contributed by atoms with Gasteiger partial charge in [0, 0.05) is 16.8 Å². The molecule has 34 heavy (non-hydrogen) atoms. The van der Waals surface area contributed by atoms with Crippen molar-refractivity contribution < 1.29 is 28.2 Å². The number of ketones is 1. The van der Waals surface area contributed by atoms with Crippen molar-refractivity contribution in [3.05, 3.63) is 101 Å². The normalized spacial score (nSPS) is 17.5. The van der Waals surface area contributed by atoms with E-state index in [2.05, 4.69) is 0 Å². The molecule has 0 aliphatic carbocycles. The Bertz CT molecular complexity index is 1300. The maximum absolute atomic E-state index is 14.9. The predicted molar refractivity (Wildman–Crippen MR) is 125 cm³/mol. The average Bonchev–Trinajstić information content (AvgIpc) is 3.06. The molecule has 1 aliphatic heterocycles. The van der Waals surface area contributed by atoms with Crippen LogP contribution in [0.25, 0.3) is 5.76 Å². The highest BCUT2D eigenvalue weighted by molar-refractivity contribution is 6.51. The molecular weight excluding hydrogens is 440 g/mol. The summed E-state index contributed by atoms with van der Waals surface area (Å²) in [4.78, 5) is 27.3. The molecule has 1 atom stereocenters. The Balaban J connectivity index is 1.91. The van der Waals surface area contributed by atoms with E-state index in [1.165, 1.54) is 30.3 Å². The number of aliphatic hydroxyl groups is 1. The van der Waals surface area contributed by atoms with Crippen molar-refractivity contribution in [2.75, 3.05) is 4.90 Å². The van der Waals surface area contributed by atoms with Gasteiger partial charge in [-0.25, -0.2) is 8.78 Å². The van der Waals surface area contributed by atoms with Crippen LogP contribution in [-0.4, -0.2) is 22.9 Å². The molecule has 4 rings (SSSR count). The van der Waals surface area contributed by atoms with E-state index in [0.717, 1.165) is 17.0 Å². The van der Waals surface area contributed by atoms with Crippen LogP contribution in [0.2, 0.25) is 0 Å². The zero-order valence-electron chi connectivity index (χ0n) is 18.9. The van der Waals surface area contributed by atoms with Crippen molar-refractivity contribution in [1.82, 2.24) is 0 Å². The Hall–Kier alpha value is -4.00. The second-order valence-electron chi connectivity index (χ2n) is 8.31. The van der Waals surface area contributed by atoms with Gasteiger partial charge in [0.15, 0.2) is 0 Å². The molecule has 5 nitrogen and oxygen atoms in total. The average molecular weight is 463 g/mol. The predicted octanol–water partition coefficient (Wildman–Crippen LogP) is 5.69. The van der Waals surface area contributed by atoms with Gasteiger partial charge >= 0.3 is 0 Å². The number of aryl methyl sites for hydroxylation is 1. The molecule has 0 saturated carbocycles. The molecule has 1 aliphatic rings. The van der Waals surface area contributed by atoms with E-state index in [1.807, 2.05) is 13.8 Å². The number of aliphatic hydroxyl groups excluding tert-OH is 1. The topological polar surface area (TPSA) is 66.8 Å². The van der Waals surface area contributed by atoms with E-state index in [0.29, 0.717) is 11.3 Å². The van der Waals surface area contributed by atoms with Gasteiger partial charge in [-0.1, -0.05) is 18.2 Å². The summed E-state index contributed by atoms with van der Waals surface area (Å²) in [6.07, 6.45) is -0.0553. The molecule has 0 bridgehead atoms. The van der Waals surface area contributed by atoms with E-state index >= 15 is 0 Å². The summed E-state index contributed by atoms with van der Waals surface area (Å²) < 4.78 is 34.1. The lowest BCUT2D eigenvalue weighted by Crippen LogP contribution is -2.29. The number of Topliss-reactive ketones (excluding diaryl/α,β-unsaturated/α-hetero) is 1. The summed E-state index contributed by atoms with van der Waals surface area (Å²) in [5, 5.41) is 11.2. The number of nitrogens with zero attached hydrogens (tertiary/aromatic N) is 1. The lowest BCUT2D eigenvalue weighted by molar-refractivity contribution is -0.132. The second-order valence-corrected chi connectivity index (χ2v) is 8.31. The Kier molecular flexibility index (Phi) is 6.20. The van der Waals surface area contributed by atoms with Crippen molar-refractivity contribution in [1.29, 1.82) is 0 Å². The molecule has 0 aromatic heterocycles. The number of hydrogen-bond donors (Lipinski definition) is 1. The third-order valence-corrected chi connectivity index (χ3v) is 5.56. The van der Waals surface area contributed by atoms with Crippen molar-refractivity contribution >= 4 is 23.1 Å². The minimum Gasteiger partial charge on any atom is -0.507 e. The number of halogens is 2. The van der Waals surface area contributed by atoms with Gasteiger partial charge in [0.25, 0.3) is 11.7 Å². The summed E-state index contributed by atoms with van der Waals surface area (Å²) in [6, 6.07) is 14.3. The quantitative estimate of drug-likeness (QED) is 0.300. The molecule has 3 aromatic rings. The van der Waals surface area contributed by atoms with E-state index in [-0.39, 0.29) is 28.5 Å². The monoisotopic (exact) mass is 463 g/mol. The maximum Gasteiger partial charge on any atom is 0.300 e. The molecule has 1 heterocycles. The Morgan fingerprint density at radius 3 is 2.29 bits per heavy atom. The number of hydrogen-bond acceptors (Lipinski definition) is 4. The minimum atomic E-state index is -1.24. The van der Waals surface area contributed by atoms with Crippen LogP contribution in [0, 0.1) is 18.6 Å². The SMILES string of the molecule is Cc1cc(/C(O)=C2\C(=O)C(=O)N(c3ccc(F)cc3)C2c2ccccc2F)ccc1OC(C)C. The molecule has 0 radical (unpaired) electrons. The van der Waals surface area contributed by atoms with E-state index in [4.69, 9.17) is 4.74 Å². The number of carbonyl (C=O) groups excluding carboxylic acids is 2. The molecule has 7 heteroatoms. The third kappa shape index (κ3) is 4.17. The van der Waals surface area contributed by atoms with Crippen LogP contribution < -0.4 is 9.64 Å². The summed E-state index contributed by atoms with van der Waals surface area (Å²) in [7, 11) is 0. The highest BCUT2D eigenvalue weighted by atomic mass is 19.1. The number of carbonyl (C=O) groups is 2. The largest absolute Gasteiger partial charge is 0.507 e. The Morgan fingerprint density at radius 1 is 1.00 bits per heavy atom. The number of ether oxygens (including phenoxy) is 1. The second kappa shape index (κ2) is 9.09. The first-order valence-corrected chi connectivity index (χ1v) is 10.8. The molecule has 1 amide bonds. The summed E-state index contributed by atoms with van der Waals surface area (Å²) in [5.74, 6) is -2.90. The molecule has 1 saturated heterocycles. The molecule has 1 fully saturated rings. The Morgan fingerprint density at radius 2 is 1.68 bits per heavy atom. The number of rotatable bonds is 5. The fraction of sp³-hybridized carbons (Fsp3) is 0.185. The van der Waals surface area contributed by atoms with Crippen LogP contribution in [0.3, 0.4) is 0 Å². The first-order valence-electron chi connectivity index (χ1n) is 10.8. The lowest BCUT2D eigenvalue weighted by atomic mass is 9.94. The lowest BCUT2D eigenvalue weighted by Gasteiger charge is -2.25. The first kappa shape index (κ1) is 23.2. The zero-order chi connectivity index (χ0) is 24.6. The highest BCUT2D eigenvalue weighted by Gasteiger charge is 2.47. The van der Waals surface area contributed by atoms with Crippen molar-refractivity contribution in [3.8, 4) is 5.75 Å². The van der Waals surface area contributed by atoms with Crippen molar-refractivity contribution in [2.24, 2.45) is 0 Å². The van der Waals surface area contributed by atoms with Crippen LogP contribution in [0.4, 0.5) is 14.5 Å². The fourth-order valence-electron chi connectivity index (χ4n) is 4.03. The summed E-state index contributed by atoms with van der Waals surface area (Å²) in [6.45, 7) is 5.57. The van der Waals surface area contributed by atoms with Gasteiger partial charge < -0.3 is 9.84 Å². The maximum atomic E-state index is 14.9. The van der Waals surface area contributed by atoms with Crippen molar-refractivity contribution in [2.45, 2.75) is 32.9 Å². The van der Waals surface area contributed by atoms with Crippen molar-refractivity contribution in [3.63, 3.8) is 0 Å². The summed E-state index contributed by atoms with van der Waals surface area (Å²) in [5.41, 5.74) is 0.980. The molecular formula is C27H23F2NO4. The molecule has 3 aromatic carbocycles. The van der Waals surface area contributed by atoms with E-state index in [1.54, 1.807) is 31.2 Å². The van der Waals surface area contributed by atoms with Gasteiger partial charge in [-0.05, 0) is 74.9 Å². The van der Waals surface area contributed by atoms with Crippen LogP contribution in [0.1, 0.15) is 36.6 Å². The zero-order valence-corrected chi connectivity index (χ0v) is 18.9. The molecule has 1 unspecified atom stereocenters.